The number of thiol groups is 1. The lowest BCUT2D eigenvalue weighted by Gasteiger charge is -2.03. The topological polar surface area (TPSA) is 29.1 Å². The zero-order valence-electron chi connectivity index (χ0n) is 7.55. The molecule has 0 aromatic heterocycles. The molecule has 0 radical (unpaired) electrons. The largest absolute Gasteiger partial charge is 0.353 e. The van der Waals surface area contributed by atoms with Crippen molar-refractivity contribution < 1.29 is 4.79 Å². The molecule has 12 heavy (non-hydrogen) atoms. The molecule has 0 heterocycles. The third-order valence-electron chi connectivity index (χ3n) is 1.53. The van der Waals surface area contributed by atoms with Gasteiger partial charge < -0.3 is 5.32 Å². The van der Waals surface area contributed by atoms with Gasteiger partial charge in [-0.2, -0.15) is 12.6 Å². The van der Waals surface area contributed by atoms with Crippen molar-refractivity contribution in [1.82, 2.24) is 5.32 Å². The third kappa shape index (κ3) is 7.66. The van der Waals surface area contributed by atoms with Crippen LogP contribution in [0.1, 0.15) is 26.2 Å². The molecule has 0 rings (SSSR count). The van der Waals surface area contributed by atoms with E-state index in [9.17, 15) is 4.79 Å². The second kappa shape index (κ2) is 7.22. The van der Waals surface area contributed by atoms with Gasteiger partial charge in [0.05, 0.1) is 0 Å². The maximum Gasteiger partial charge on any atom is 0.243 e. The Morgan fingerprint density at radius 3 is 2.83 bits per heavy atom. The van der Waals surface area contributed by atoms with Crippen LogP contribution in [0.15, 0.2) is 12.7 Å². The van der Waals surface area contributed by atoms with Gasteiger partial charge in [0.2, 0.25) is 5.91 Å². The molecular weight excluding hydrogens is 170 g/mol. The van der Waals surface area contributed by atoms with Gasteiger partial charge >= 0.3 is 0 Å². The molecule has 0 fully saturated rings. The van der Waals surface area contributed by atoms with Crippen molar-refractivity contribution in [2.24, 2.45) is 0 Å². The fourth-order valence-corrected chi connectivity index (χ4v) is 1.03. The van der Waals surface area contributed by atoms with Crippen LogP contribution in [0.5, 0.6) is 0 Å². The first-order chi connectivity index (χ1) is 5.66. The molecule has 0 aliphatic carbocycles. The van der Waals surface area contributed by atoms with Crippen LogP contribution in [0.25, 0.3) is 0 Å². The average Bonchev–Trinajstić information content (AvgIpc) is 2.03. The fraction of sp³-hybridized carbons (Fsp3) is 0.667. The Balaban J connectivity index is 3.11. The van der Waals surface area contributed by atoms with E-state index in [4.69, 9.17) is 0 Å². The summed E-state index contributed by atoms with van der Waals surface area (Å²) in [6.45, 7) is 6.18. The van der Waals surface area contributed by atoms with Crippen LogP contribution >= 0.6 is 12.6 Å². The van der Waals surface area contributed by atoms with Crippen molar-refractivity contribution in [2.45, 2.75) is 31.4 Å². The highest BCUT2D eigenvalue weighted by molar-refractivity contribution is 7.80. The van der Waals surface area contributed by atoms with Crippen LogP contribution < -0.4 is 5.32 Å². The van der Waals surface area contributed by atoms with E-state index in [-0.39, 0.29) is 5.91 Å². The second-order valence-electron chi connectivity index (χ2n) is 2.84. The molecule has 3 heteroatoms. The minimum absolute atomic E-state index is 0.0890. The molecule has 70 valence electrons. The Hall–Kier alpha value is -0.440. The third-order valence-corrected chi connectivity index (χ3v) is 1.79. The highest BCUT2D eigenvalue weighted by atomic mass is 32.1. The lowest BCUT2D eigenvalue weighted by atomic mass is 10.2. The van der Waals surface area contributed by atoms with E-state index in [1.54, 1.807) is 0 Å². The van der Waals surface area contributed by atoms with Crippen LogP contribution in [-0.4, -0.2) is 17.7 Å². The summed E-state index contributed by atoms with van der Waals surface area (Å²) in [5, 5.41) is 3.18. The first-order valence-corrected chi connectivity index (χ1v) is 4.76. The van der Waals surface area contributed by atoms with Crippen molar-refractivity contribution in [1.29, 1.82) is 0 Å². The molecular formula is C9H17NOS. The summed E-state index contributed by atoms with van der Waals surface area (Å²) in [6.07, 6.45) is 4.53. The smallest absolute Gasteiger partial charge is 0.243 e. The molecule has 0 aliphatic rings. The lowest BCUT2D eigenvalue weighted by molar-refractivity contribution is -0.116. The molecule has 0 aliphatic heterocycles. The molecule has 1 amide bonds. The lowest BCUT2D eigenvalue weighted by Crippen LogP contribution is -2.21. The van der Waals surface area contributed by atoms with Crippen molar-refractivity contribution in [3.8, 4) is 0 Å². The van der Waals surface area contributed by atoms with E-state index in [1.807, 2.05) is 0 Å². The van der Waals surface area contributed by atoms with E-state index in [0.29, 0.717) is 5.25 Å². The summed E-state index contributed by atoms with van der Waals surface area (Å²) >= 11 is 4.26. The van der Waals surface area contributed by atoms with E-state index in [1.165, 1.54) is 6.08 Å². The molecule has 0 bridgehead atoms. The van der Waals surface area contributed by atoms with Gasteiger partial charge in [-0.25, -0.2) is 0 Å². The zero-order chi connectivity index (χ0) is 9.40. The van der Waals surface area contributed by atoms with Gasteiger partial charge in [0.1, 0.15) is 0 Å². The van der Waals surface area contributed by atoms with Crippen molar-refractivity contribution in [2.75, 3.05) is 6.54 Å². The predicted octanol–water partition coefficient (Wildman–Crippen LogP) is 1.78. The fourth-order valence-electron chi connectivity index (χ4n) is 0.849. The van der Waals surface area contributed by atoms with Gasteiger partial charge in [-0.1, -0.05) is 19.9 Å². The number of amides is 1. The van der Waals surface area contributed by atoms with Gasteiger partial charge in [-0.05, 0) is 24.2 Å². The Bertz CT molecular complexity index is 145. The Kier molecular flexibility index (Phi) is 6.96. The molecule has 0 saturated heterocycles. The Morgan fingerprint density at radius 1 is 1.67 bits per heavy atom. The van der Waals surface area contributed by atoms with Crippen LogP contribution in [0, 0.1) is 0 Å². The van der Waals surface area contributed by atoms with Gasteiger partial charge in [0, 0.05) is 6.54 Å². The van der Waals surface area contributed by atoms with Crippen molar-refractivity contribution >= 4 is 18.5 Å². The Morgan fingerprint density at radius 2 is 2.33 bits per heavy atom. The summed E-state index contributed by atoms with van der Waals surface area (Å²) in [5.41, 5.74) is 0. The highest BCUT2D eigenvalue weighted by Gasteiger charge is 1.95. The number of carbonyl (C=O) groups is 1. The van der Waals surface area contributed by atoms with E-state index >= 15 is 0 Å². The Labute approximate surface area is 79.8 Å². The maximum absolute atomic E-state index is 10.7. The first-order valence-electron chi connectivity index (χ1n) is 4.25. The van der Waals surface area contributed by atoms with Gasteiger partial charge in [0.25, 0.3) is 0 Å². The molecule has 0 aromatic rings. The minimum atomic E-state index is -0.0890. The summed E-state index contributed by atoms with van der Waals surface area (Å²) < 4.78 is 0. The molecule has 2 nitrogen and oxygen atoms in total. The maximum atomic E-state index is 10.7. The first kappa shape index (κ1) is 11.6. The standard InChI is InChI=1S/C9H17NOS/c1-3-9(11)10-7-5-4-6-8(2)12/h3,8,12H,1,4-7H2,2H3,(H,10,11). The van der Waals surface area contributed by atoms with Gasteiger partial charge in [-0.15, -0.1) is 0 Å². The molecule has 1 unspecified atom stereocenters. The van der Waals surface area contributed by atoms with Crippen molar-refractivity contribution in [3.05, 3.63) is 12.7 Å². The summed E-state index contributed by atoms with van der Waals surface area (Å²) in [6, 6.07) is 0. The molecule has 0 aromatic carbocycles. The van der Waals surface area contributed by atoms with Crippen LogP contribution in [0.3, 0.4) is 0 Å². The molecule has 1 N–H and O–H groups in total. The number of hydrogen-bond donors (Lipinski definition) is 2. The second-order valence-corrected chi connectivity index (χ2v) is 3.72. The summed E-state index contributed by atoms with van der Waals surface area (Å²) in [7, 11) is 0. The van der Waals surface area contributed by atoms with Crippen LogP contribution in [0.2, 0.25) is 0 Å². The van der Waals surface area contributed by atoms with E-state index < -0.39 is 0 Å². The van der Waals surface area contributed by atoms with Gasteiger partial charge in [0.15, 0.2) is 0 Å². The van der Waals surface area contributed by atoms with Crippen LogP contribution in [-0.2, 0) is 4.79 Å². The summed E-state index contributed by atoms with van der Waals surface area (Å²) in [4.78, 5) is 10.7. The van der Waals surface area contributed by atoms with Crippen molar-refractivity contribution in [3.63, 3.8) is 0 Å². The average molecular weight is 187 g/mol. The van der Waals surface area contributed by atoms with E-state index in [2.05, 4.69) is 31.4 Å². The number of rotatable bonds is 6. The quantitative estimate of drug-likeness (QED) is 0.370. The van der Waals surface area contributed by atoms with E-state index in [0.717, 1.165) is 25.8 Å². The minimum Gasteiger partial charge on any atom is -0.353 e. The predicted molar refractivity (Wildman–Crippen MR) is 55.5 cm³/mol. The molecule has 1 atom stereocenters. The summed E-state index contributed by atoms with van der Waals surface area (Å²) in [5.74, 6) is -0.0890. The van der Waals surface area contributed by atoms with Gasteiger partial charge in [-0.3, -0.25) is 4.79 Å². The number of nitrogens with one attached hydrogen (secondary N) is 1. The molecule has 0 saturated carbocycles. The number of hydrogen-bond acceptors (Lipinski definition) is 2. The van der Waals surface area contributed by atoms with Crippen LogP contribution in [0.4, 0.5) is 0 Å². The number of carbonyl (C=O) groups excluding carboxylic acids is 1. The molecule has 0 spiro atoms. The monoisotopic (exact) mass is 187 g/mol. The highest BCUT2D eigenvalue weighted by Crippen LogP contribution is 2.04. The number of unbranched alkanes of at least 4 members (excludes halogenated alkanes) is 1. The normalized spacial score (nSPS) is 12.2. The zero-order valence-corrected chi connectivity index (χ0v) is 8.44. The SMILES string of the molecule is C=CC(=O)NCCCCC(C)S.